The van der Waals surface area contributed by atoms with E-state index in [2.05, 4.69) is 37.3 Å². The Hall–Kier alpha value is -1.02. The van der Waals surface area contributed by atoms with Gasteiger partial charge in [0.1, 0.15) is 7.85 Å². The fourth-order valence-corrected chi connectivity index (χ4v) is 2.40. The summed E-state index contributed by atoms with van der Waals surface area (Å²) in [6.45, 7) is 2.18. The van der Waals surface area contributed by atoms with Crippen LogP contribution >= 0.6 is 11.3 Å². The van der Waals surface area contributed by atoms with Crippen molar-refractivity contribution in [3.05, 3.63) is 52.4 Å². The highest BCUT2D eigenvalue weighted by Gasteiger charge is 1.98. The Labute approximate surface area is 96.4 Å². The summed E-state index contributed by atoms with van der Waals surface area (Å²) in [7, 11) is 5.70. The second-order valence-corrected chi connectivity index (χ2v) is 4.85. The molecule has 0 amide bonds. The summed E-state index contributed by atoms with van der Waals surface area (Å²) in [5.74, 6) is 0. The number of benzene rings is 1. The van der Waals surface area contributed by atoms with E-state index in [1.54, 1.807) is 11.3 Å². The minimum absolute atomic E-state index is 0.898. The fraction of sp³-hybridized carbons (Fsp3) is 0.231. The van der Waals surface area contributed by atoms with Crippen LogP contribution in [0, 0.1) is 0 Å². The van der Waals surface area contributed by atoms with Gasteiger partial charge < -0.3 is 0 Å². The first-order valence-electron chi connectivity index (χ1n) is 5.20. The van der Waals surface area contributed by atoms with Gasteiger partial charge in [0.15, 0.2) is 0 Å². The normalized spacial score (nSPS) is 10.5. The van der Waals surface area contributed by atoms with Crippen molar-refractivity contribution in [3.8, 4) is 0 Å². The van der Waals surface area contributed by atoms with Crippen molar-refractivity contribution in [2.24, 2.45) is 0 Å². The number of aryl methyl sites for hydroxylation is 1. The van der Waals surface area contributed by atoms with Crippen LogP contribution < -0.4 is 4.78 Å². The molecule has 0 aliphatic carbocycles. The maximum atomic E-state index is 5.70. The van der Waals surface area contributed by atoms with Crippen molar-refractivity contribution in [1.29, 1.82) is 0 Å². The molecule has 2 heteroatoms. The Morgan fingerprint density at radius 1 is 1.00 bits per heavy atom. The van der Waals surface area contributed by atoms with Gasteiger partial charge in [-0.05, 0) is 28.4 Å². The molecule has 0 unspecified atom stereocenters. The molecule has 0 aliphatic rings. The Morgan fingerprint density at radius 3 is 2.20 bits per heavy atom. The molecule has 2 radical (unpaired) electrons. The Balaban J connectivity index is 2.11. The van der Waals surface area contributed by atoms with Crippen LogP contribution in [0.1, 0.15) is 22.9 Å². The summed E-state index contributed by atoms with van der Waals surface area (Å²) in [6, 6.07) is 12.9. The predicted molar refractivity (Wildman–Crippen MR) is 68.3 cm³/mol. The Morgan fingerprint density at radius 2 is 1.67 bits per heavy atom. The molecular formula is C13H13BS. The highest BCUT2D eigenvalue weighted by atomic mass is 32.1. The maximum Gasteiger partial charge on any atom is 0.128 e. The van der Waals surface area contributed by atoms with E-state index in [-0.39, 0.29) is 0 Å². The lowest BCUT2D eigenvalue weighted by Crippen LogP contribution is -1.90. The summed E-state index contributed by atoms with van der Waals surface area (Å²) < 4.78 is 0.898. The number of rotatable bonds is 3. The average Bonchev–Trinajstić information content (AvgIpc) is 2.65. The lowest BCUT2D eigenvalue weighted by atomic mass is 10.1. The molecule has 0 spiro atoms. The zero-order valence-corrected chi connectivity index (χ0v) is 9.68. The van der Waals surface area contributed by atoms with Gasteiger partial charge in [0.2, 0.25) is 0 Å². The topological polar surface area (TPSA) is 0 Å². The Bertz CT molecular complexity index is 428. The van der Waals surface area contributed by atoms with Gasteiger partial charge in [0.05, 0.1) is 0 Å². The van der Waals surface area contributed by atoms with Crippen molar-refractivity contribution in [2.75, 3.05) is 0 Å². The van der Waals surface area contributed by atoms with Crippen LogP contribution in [-0.2, 0) is 12.8 Å². The van der Waals surface area contributed by atoms with Crippen molar-refractivity contribution < 1.29 is 0 Å². The van der Waals surface area contributed by atoms with Crippen molar-refractivity contribution in [1.82, 2.24) is 0 Å². The third-order valence-electron chi connectivity index (χ3n) is 2.49. The highest BCUT2D eigenvalue weighted by Crippen LogP contribution is 2.14. The smallest absolute Gasteiger partial charge is 0.128 e. The van der Waals surface area contributed by atoms with Gasteiger partial charge in [-0.25, -0.2) is 0 Å². The third-order valence-corrected chi connectivity index (χ3v) is 3.41. The summed E-state index contributed by atoms with van der Waals surface area (Å²) in [4.78, 5) is 1.33. The van der Waals surface area contributed by atoms with Gasteiger partial charge in [-0.2, -0.15) is 11.3 Å². The van der Waals surface area contributed by atoms with Gasteiger partial charge in [0, 0.05) is 11.3 Å². The van der Waals surface area contributed by atoms with E-state index in [1.807, 2.05) is 6.07 Å². The van der Waals surface area contributed by atoms with Crippen LogP contribution in [0.25, 0.3) is 0 Å². The van der Waals surface area contributed by atoms with E-state index >= 15 is 0 Å². The average molecular weight is 212 g/mol. The molecular weight excluding hydrogens is 199 g/mol. The van der Waals surface area contributed by atoms with E-state index in [4.69, 9.17) is 7.85 Å². The van der Waals surface area contributed by atoms with E-state index in [0.29, 0.717) is 0 Å². The number of hydrogen-bond donors (Lipinski definition) is 0. The molecule has 1 heterocycles. The predicted octanol–water partition coefficient (Wildman–Crippen LogP) is 2.70. The van der Waals surface area contributed by atoms with Crippen LogP contribution in [0.15, 0.2) is 36.4 Å². The van der Waals surface area contributed by atoms with Gasteiger partial charge in [-0.1, -0.05) is 37.3 Å². The first kappa shape index (κ1) is 10.5. The van der Waals surface area contributed by atoms with E-state index in [0.717, 1.165) is 17.6 Å². The molecule has 0 N–H and O–H groups in total. The quantitative estimate of drug-likeness (QED) is 0.686. The van der Waals surface area contributed by atoms with E-state index in [9.17, 15) is 0 Å². The molecule has 2 aromatic rings. The highest BCUT2D eigenvalue weighted by molar-refractivity contribution is 7.20. The van der Waals surface area contributed by atoms with Gasteiger partial charge in [-0.3, -0.25) is 0 Å². The van der Waals surface area contributed by atoms with E-state index < -0.39 is 0 Å². The number of hydrogen-bond acceptors (Lipinski definition) is 1. The van der Waals surface area contributed by atoms with E-state index in [1.165, 1.54) is 16.0 Å². The van der Waals surface area contributed by atoms with Crippen LogP contribution in [-0.4, -0.2) is 7.85 Å². The minimum Gasteiger partial charge on any atom is -0.157 e. The van der Waals surface area contributed by atoms with Crippen molar-refractivity contribution in [3.63, 3.8) is 0 Å². The molecule has 0 nitrogen and oxygen atoms in total. The fourth-order valence-electron chi connectivity index (χ4n) is 1.58. The first-order chi connectivity index (χ1) is 7.28. The Kier molecular flexibility index (Phi) is 3.27. The molecule has 0 fully saturated rings. The molecule has 74 valence electrons. The second-order valence-electron chi connectivity index (χ2n) is 3.65. The van der Waals surface area contributed by atoms with Gasteiger partial charge >= 0.3 is 0 Å². The third kappa shape index (κ3) is 2.72. The SMILES string of the molecule is [B]c1ccc(Cc2ccc(CC)cc2)s1. The van der Waals surface area contributed by atoms with Crippen LogP contribution in [0.2, 0.25) is 0 Å². The van der Waals surface area contributed by atoms with Crippen molar-refractivity contribution in [2.45, 2.75) is 19.8 Å². The standard InChI is InChI=1S/C13H13BS/c1-2-10-3-5-11(6-4-10)9-12-7-8-13(14)15-12/h3-8H,2,9H2,1H3. The molecule has 0 saturated heterocycles. The maximum absolute atomic E-state index is 5.70. The summed E-state index contributed by atoms with van der Waals surface area (Å²) >= 11 is 1.67. The first-order valence-corrected chi connectivity index (χ1v) is 6.01. The van der Waals surface area contributed by atoms with Crippen LogP contribution in [0.5, 0.6) is 0 Å². The molecule has 2 rings (SSSR count). The molecule has 0 saturated carbocycles. The molecule has 0 bridgehead atoms. The molecule has 0 aliphatic heterocycles. The second kappa shape index (κ2) is 4.67. The largest absolute Gasteiger partial charge is 0.157 e. The number of thiophene rings is 1. The summed E-state index contributed by atoms with van der Waals surface area (Å²) in [5, 5.41) is 0. The monoisotopic (exact) mass is 212 g/mol. The van der Waals surface area contributed by atoms with Crippen LogP contribution in [0.4, 0.5) is 0 Å². The molecule has 1 aromatic heterocycles. The van der Waals surface area contributed by atoms with Gasteiger partial charge in [-0.15, -0.1) is 0 Å². The lowest BCUT2D eigenvalue weighted by molar-refractivity contribution is 1.12. The summed E-state index contributed by atoms with van der Waals surface area (Å²) in [5.41, 5.74) is 2.75. The lowest BCUT2D eigenvalue weighted by Gasteiger charge is -2.00. The zero-order chi connectivity index (χ0) is 10.7. The van der Waals surface area contributed by atoms with Crippen LogP contribution in [0.3, 0.4) is 0 Å². The van der Waals surface area contributed by atoms with Gasteiger partial charge in [0.25, 0.3) is 0 Å². The summed E-state index contributed by atoms with van der Waals surface area (Å²) in [6.07, 6.45) is 2.10. The molecule has 0 atom stereocenters. The zero-order valence-electron chi connectivity index (χ0n) is 8.86. The molecule has 15 heavy (non-hydrogen) atoms. The minimum atomic E-state index is 0.898. The molecule has 1 aromatic carbocycles. The van der Waals surface area contributed by atoms with Crippen molar-refractivity contribution >= 4 is 24.0 Å².